The number of rotatable bonds is 6. The molecule has 0 atom stereocenters. The van der Waals surface area contributed by atoms with Gasteiger partial charge in [-0.3, -0.25) is 10.1 Å². The van der Waals surface area contributed by atoms with Crippen molar-refractivity contribution in [3.63, 3.8) is 0 Å². The summed E-state index contributed by atoms with van der Waals surface area (Å²) in [6.07, 6.45) is 2.33. The SMILES string of the molecule is Cc1cccc(Cc2nnc(NC(=O)c3cccc(S(=O)(=O)N4CCC(C)CC4)c3)s2)c1. The van der Waals surface area contributed by atoms with E-state index in [1.54, 1.807) is 12.1 Å². The maximum Gasteiger partial charge on any atom is 0.257 e. The van der Waals surface area contributed by atoms with Crippen molar-refractivity contribution in [2.45, 2.75) is 38.0 Å². The van der Waals surface area contributed by atoms with Gasteiger partial charge in [0.15, 0.2) is 0 Å². The number of sulfonamides is 1. The quantitative estimate of drug-likeness (QED) is 0.585. The Hall–Kier alpha value is -2.62. The fourth-order valence-electron chi connectivity index (χ4n) is 3.71. The molecule has 2 aromatic carbocycles. The monoisotopic (exact) mass is 470 g/mol. The fraction of sp³-hybridized carbons (Fsp3) is 0.348. The number of benzene rings is 2. The van der Waals surface area contributed by atoms with E-state index in [2.05, 4.69) is 28.5 Å². The normalized spacial score (nSPS) is 15.6. The molecule has 0 aliphatic carbocycles. The van der Waals surface area contributed by atoms with Gasteiger partial charge in [0, 0.05) is 25.1 Å². The van der Waals surface area contributed by atoms with Crippen molar-refractivity contribution in [1.82, 2.24) is 14.5 Å². The van der Waals surface area contributed by atoms with Crippen molar-refractivity contribution in [2.75, 3.05) is 18.4 Å². The van der Waals surface area contributed by atoms with E-state index in [9.17, 15) is 13.2 Å². The Morgan fingerprint density at radius 3 is 2.62 bits per heavy atom. The van der Waals surface area contributed by atoms with Crippen LogP contribution in [0.25, 0.3) is 0 Å². The van der Waals surface area contributed by atoms with Crippen LogP contribution >= 0.6 is 11.3 Å². The summed E-state index contributed by atoms with van der Waals surface area (Å²) in [6, 6.07) is 14.3. The summed E-state index contributed by atoms with van der Waals surface area (Å²) in [6.45, 7) is 5.19. The number of hydrogen-bond acceptors (Lipinski definition) is 6. The summed E-state index contributed by atoms with van der Waals surface area (Å²) in [7, 11) is -3.62. The largest absolute Gasteiger partial charge is 0.296 e. The van der Waals surface area contributed by atoms with Gasteiger partial charge in [-0.1, -0.05) is 54.2 Å². The van der Waals surface area contributed by atoms with Gasteiger partial charge in [0.25, 0.3) is 5.91 Å². The highest BCUT2D eigenvalue weighted by molar-refractivity contribution is 7.89. The highest BCUT2D eigenvalue weighted by Crippen LogP contribution is 2.25. The first-order valence-corrected chi connectivity index (χ1v) is 12.9. The van der Waals surface area contributed by atoms with E-state index in [1.807, 2.05) is 25.1 Å². The Kier molecular flexibility index (Phi) is 6.68. The molecule has 0 spiro atoms. The average Bonchev–Trinajstić information content (AvgIpc) is 3.20. The van der Waals surface area contributed by atoms with Crippen LogP contribution in [0.2, 0.25) is 0 Å². The van der Waals surface area contributed by atoms with Crippen LogP contribution in [0.15, 0.2) is 53.4 Å². The number of nitrogens with zero attached hydrogens (tertiary/aromatic N) is 3. The van der Waals surface area contributed by atoms with Gasteiger partial charge in [-0.05, 0) is 49.4 Å². The molecule has 2 heterocycles. The molecule has 0 bridgehead atoms. The molecule has 168 valence electrons. The Morgan fingerprint density at radius 1 is 1.12 bits per heavy atom. The maximum atomic E-state index is 13.0. The number of amides is 1. The van der Waals surface area contributed by atoms with E-state index >= 15 is 0 Å². The number of piperidine rings is 1. The summed E-state index contributed by atoms with van der Waals surface area (Å²) < 4.78 is 27.5. The minimum atomic E-state index is -3.62. The van der Waals surface area contributed by atoms with Gasteiger partial charge in [-0.25, -0.2) is 8.42 Å². The molecule has 9 heteroatoms. The molecule has 1 aliphatic heterocycles. The van der Waals surface area contributed by atoms with Crippen LogP contribution in [-0.4, -0.2) is 41.9 Å². The minimum Gasteiger partial charge on any atom is -0.296 e. The number of hydrogen-bond donors (Lipinski definition) is 1. The molecule has 1 saturated heterocycles. The number of anilines is 1. The zero-order chi connectivity index (χ0) is 22.7. The van der Waals surface area contributed by atoms with Crippen LogP contribution in [0.4, 0.5) is 5.13 Å². The number of carbonyl (C=O) groups excluding carboxylic acids is 1. The Morgan fingerprint density at radius 2 is 1.88 bits per heavy atom. The predicted octanol–water partition coefficient (Wildman–Crippen LogP) is 4.11. The number of nitrogens with one attached hydrogen (secondary N) is 1. The molecule has 3 aromatic rings. The summed E-state index contributed by atoms with van der Waals surface area (Å²) in [5.74, 6) is 0.119. The lowest BCUT2D eigenvalue weighted by atomic mass is 10.0. The molecular weight excluding hydrogens is 444 g/mol. The summed E-state index contributed by atoms with van der Waals surface area (Å²) in [4.78, 5) is 12.9. The first-order valence-electron chi connectivity index (χ1n) is 10.6. The minimum absolute atomic E-state index is 0.136. The third-order valence-electron chi connectivity index (χ3n) is 5.60. The second kappa shape index (κ2) is 9.48. The lowest BCUT2D eigenvalue weighted by Gasteiger charge is -2.29. The lowest BCUT2D eigenvalue weighted by molar-refractivity contribution is 0.102. The second-order valence-electron chi connectivity index (χ2n) is 8.24. The molecule has 0 radical (unpaired) electrons. The van der Waals surface area contributed by atoms with Gasteiger partial charge in [0.1, 0.15) is 5.01 Å². The Labute approximate surface area is 192 Å². The standard InChI is InChI=1S/C23H26N4O3S2/c1-16-9-11-27(12-10-16)32(29,30)20-8-4-7-19(15-20)22(28)24-23-26-25-21(31-23)14-18-6-3-5-17(2)13-18/h3-8,13,15-16H,9-12,14H2,1-2H3,(H,24,26,28). The molecule has 32 heavy (non-hydrogen) atoms. The van der Waals surface area contributed by atoms with Crippen LogP contribution in [0.1, 0.15) is 46.3 Å². The van der Waals surface area contributed by atoms with E-state index < -0.39 is 15.9 Å². The lowest BCUT2D eigenvalue weighted by Crippen LogP contribution is -2.37. The van der Waals surface area contributed by atoms with Gasteiger partial charge in [0.2, 0.25) is 15.2 Å². The van der Waals surface area contributed by atoms with E-state index in [1.165, 1.54) is 33.3 Å². The molecule has 1 fully saturated rings. The van der Waals surface area contributed by atoms with E-state index in [0.29, 0.717) is 30.6 Å². The van der Waals surface area contributed by atoms with Crippen molar-refractivity contribution in [3.05, 3.63) is 70.2 Å². The summed E-state index contributed by atoms with van der Waals surface area (Å²) in [5.41, 5.74) is 2.57. The van der Waals surface area contributed by atoms with Gasteiger partial charge >= 0.3 is 0 Å². The van der Waals surface area contributed by atoms with Crippen molar-refractivity contribution >= 4 is 32.4 Å². The number of carbonyl (C=O) groups is 1. The van der Waals surface area contributed by atoms with Crippen molar-refractivity contribution in [3.8, 4) is 0 Å². The molecule has 7 nitrogen and oxygen atoms in total. The van der Waals surface area contributed by atoms with Gasteiger partial charge in [0.05, 0.1) is 4.90 Å². The van der Waals surface area contributed by atoms with E-state index in [-0.39, 0.29) is 10.5 Å². The number of aryl methyl sites for hydroxylation is 1. The summed E-state index contributed by atoms with van der Waals surface area (Å²) >= 11 is 1.31. The van der Waals surface area contributed by atoms with Gasteiger partial charge < -0.3 is 0 Å². The van der Waals surface area contributed by atoms with Crippen LogP contribution in [0.3, 0.4) is 0 Å². The second-order valence-corrected chi connectivity index (χ2v) is 11.2. The maximum absolute atomic E-state index is 13.0. The fourth-order valence-corrected chi connectivity index (χ4v) is 6.00. The van der Waals surface area contributed by atoms with E-state index in [4.69, 9.17) is 0 Å². The van der Waals surface area contributed by atoms with Gasteiger partial charge in [-0.15, -0.1) is 10.2 Å². The zero-order valence-electron chi connectivity index (χ0n) is 18.1. The van der Waals surface area contributed by atoms with Gasteiger partial charge in [-0.2, -0.15) is 4.31 Å². The van der Waals surface area contributed by atoms with Crippen LogP contribution in [0.5, 0.6) is 0 Å². The van der Waals surface area contributed by atoms with Crippen LogP contribution in [-0.2, 0) is 16.4 Å². The first kappa shape index (κ1) is 22.6. The van der Waals surface area contributed by atoms with Crippen molar-refractivity contribution < 1.29 is 13.2 Å². The molecule has 0 saturated carbocycles. The summed E-state index contributed by atoms with van der Waals surface area (Å²) in [5, 5.41) is 12.1. The zero-order valence-corrected chi connectivity index (χ0v) is 19.7. The highest BCUT2D eigenvalue weighted by atomic mass is 32.2. The van der Waals surface area contributed by atoms with Crippen molar-refractivity contribution in [1.29, 1.82) is 0 Å². The average molecular weight is 471 g/mol. The Bertz CT molecular complexity index is 1220. The Balaban J connectivity index is 1.45. The van der Waals surface area contributed by atoms with E-state index in [0.717, 1.165) is 23.4 Å². The molecule has 1 aliphatic rings. The van der Waals surface area contributed by atoms with Crippen molar-refractivity contribution in [2.24, 2.45) is 5.92 Å². The third-order valence-corrected chi connectivity index (χ3v) is 8.34. The third kappa shape index (κ3) is 5.23. The molecular formula is C23H26N4O3S2. The molecule has 1 amide bonds. The molecule has 1 aromatic heterocycles. The molecule has 0 unspecified atom stereocenters. The van der Waals surface area contributed by atoms with Crippen LogP contribution < -0.4 is 5.32 Å². The number of aromatic nitrogens is 2. The van der Waals surface area contributed by atoms with Crippen LogP contribution in [0, 0.1) is 12.8 Å². The first-order chi connectivity index (χ1) is 15.3. The molecule has 1 N–H and O–H groups in total. The smallest absolute Gasteiger partial charge is 0.257 e. The predicted molar refractivity (Wildman–Crippen MR) is 125 cm³/mol. The highest BCUT2D eigenvalue weighted by Gasteiger charge is 2.28. The topological polar surface area (TPSA) is 92.3 Å². The molecule has 4 rings (SSSR count).